The van der Waals surface area contributed by atoms with Gasteiger partial charge >= 0.3 is 18.0 Å². The number of esters is 1. The first-order valence-corrected chi connectivity index (χ1v) is 13.4. The highest BCUT2D eigenvalue weighted by atomic mass is 16.5. The number of likely N-dealkylation sites (tertiary alicyclic amines) is 1. The number of carbonyl (C=O) groups excluding carboxylic acids is 3. The number of methoxy groups -OCH3 is 1. The average Bonchev–Trinajstić information content (AvgIpc) is 3.00. The average molecular weight is 560 g/mol. The Balaban J connectivity index is 0.00000387. The van der Waals surface area contributed by atoms with Gasteiger partial charge < -0.3 is 29.9 Å². The highest BCUT2D eigenvalue weighted by Gasteiger charge is 2.33. The molecule has 3 heterocycles. The maximum absolute atomic E-state index is 13.1. The van der Waals surface area contributed by atoms with Crippen molar-refractivity contribution in [3.63, 3.8) is 0 Å². The van der Waals surface area contributed by atoms with Crippen LogP contribution in [0, 0.1) is 0 Å². The summed E-state index contributed by atoms with van der Waals surface area (Å²) in [6.07, 6.45) is 3.17. The molecule has 1 unspecified atom stereocenters. The zero-order chi connectivity index (χ0) is 27.9. The lowest BCUT2D eigenvalue weighted by atomic mass is 10.0. The maximum atomic E-state index is 13.1. The first-order valence-electron chi connectivity index (χ1n) is 13.4. The third-order valence-electron chi connectivity index (χ3n) is 7.30. The molecule has 2 N–H and O–H groups in total. The predicted molar refractivity (Wildman–Crippen MR) is 155 cm³/mol. The van der Waals surface area contributed by atoms with Crippen LogP contribution in [0.2, 0.25) is 0 Å². The van der Waals surface area contributed by atoms with Gasteiger partial charge in [0, 0.05) is 50.0 Å². The highest BCUT2D eigenvalue weighted by Crippen LogP contribution is 2.27. The van der Waals surface area contributed by atoms with E-state index in [1.54, 1.807) is 17.2 Å². The Morgan fingerprint density at radius 1 is 1.02 bits per heavy atom. The second-order valence-corrected chi connectivity index (χ2v) is 9.94. The number of nitrogens with zero attached hydrogens (tertiary/aromatic N) is 3. The smallest absolute Gasteiger partial charge is 0.328 e. The number of anilines is 1. The monoisotopic (exact) mass is 559 g/mol. The lowest BCUT2D eigenvalue weighted by Gasteiger charge is -2.40. The number of amides is 4. The molecule has 0 bridgehead atoms. The fourth-order valence-corrected chi connectivity index (χ4v) is 5.06. The van der Waals surface area contributed by atoms with Crippen molar-refractivity contribution in [1.82, 2.24) is 20.1 Å². The van der Waals surface area contributed by atoms with Gasteiger partial charge in [0.25, 0.3) is 0 Å². The minimum absolute atomic E-state index is 0. The Morgan fingerprint density at radius 3 is 2.46 bits per heavy atom. The number of ether oxygens (including phenoxy) is 2. The van der Waals surface area contributed by atoms with Crippen molar-refractivity contribution in [3.8, 4) is 5.88 Å². The van der Waals surface area contributed by atoms with Crippen LogP contribution < -0.4 is 15.4 Å². The molecule has 1 atom stereocenters. The fraction of sp³-hybridized carbons (Fsp3) is 0.355. The van der Waals surface area contributed by atoms with Crippen LogP contribution in [0.5, 0.6) is 5.88 Å². The number of hydrogen-bond acceptors (Lipinski definition) is 6. The van der Waals surface area contributed by atoms with Gasteiger partial charge in [0.05, 0.1) is 7.11 Å². The molecule has 3 aromatic rings. The van der Waals surface area contributed by atoms with E-state index < -0.39 is 12.0 Å². The number of benzene rings is 2. The third-order valence-corrected chi connectivity index (χ3v) is 7.30. The summed E-state index contributed by atoms with van der Waals surface area (Å²) in [6.45, 7) is 1.91. The Morgan fingerprint density at radius 2 is 1.76 bits per heavy atom. The second-order valence-electron chi connectivity index (χ2n) is 9.94. The van der Waals surface area contributed by atoms with Gasteiger partial charge in [-0.3, -0.25) is 0 Å². The molecule has 4 amide bonds. The predicted octanol–water partition coefficient (Wildman–Crippen LogP) is 4.60. The molecule has 2 aliphatic rings. The Kier molecular flexibility index (Phi) is 9.78. The molecule has 10 nitrogen and oxygen atoms in total. The number of fused-ring (bicyclic) bond motifs is 1. The molecule has 216 valence electrons. The number of para-hydroxylation sites is 1. The lowest BCUT2D eigenvalue weighted by Crippen LogP contribution is -2.54. The lowest BCUT2D eigenvalue weighted by molar-refractivity contribution is -0.142. The molecule has 0 radical (unpaired) electrons. The van der Waals surface area contributed by atoms with Crippen molar-refractivity contribution in [2.75, 3.05) is 25.5 Å². The fourth-order valence-electron chi connectivity index (χ4n) is 5.06. The van der Waals surface area contributed by atoms with Crippen LogP contribution in [0.25, 0.3) is 0 Å². The number of nitrogens with one attached hydrogen (secondary N) is 2. The van der Waals surface area contributed by atoms with Crippen molar-refractivity contribution >= 4 is 23.7 Å². The number of rotatable bonds is 8. The molecule has 1 saturated heterocycles. The summed E-state index contributed by atoms with van der Waals surface area (Å²) in [4.78, 5) is 46.1. The van der Waals surface area contributed by atoms with Crippen LogP contribution in [-0.2, 0) is 29.1 Å². The number of pyridine rings is 1. The Bertz CT molecular complexity index is 1330. The Hall–Kier alpha value is -4.60. The van der Waals surface area contributed by atoms with Gasteiger partial charge in [-0.15, -0.1) is 0 Å². The first-order chi connectivity index (χ1) is 19.5. The maximum Gasteiger partial charge on any atom is 0.328 e. The van der Waals surface area contributed by atoms with E-state index in [1.807, 2.05) is 65.6 Å². The van der Waals surface area contributed by atoms with E-state index in [-0.39, 0.29) is 32.0 Å². The van der Waals surface area contributed by atoms with Crippen LogP contribution in [0.15, 0.2) is 72.9 Å². The van der Waals surface area contributed by atoms with E-state index in [2.05, 4.69) is 15.6 Å². The molecular formula is C31H37N5O5. The van der Waals surface area contributed by atoms with E-state index in [9.17, 15) is 14.4 Å². The van der Waals surface area contributed by atoms with Crippen LogP contribution in [-0.4, -0.2) is 65.1 Å². The van der Waals surface area contributed by atoms with Gasteiger partial charge in [0.2, 0.25) is 5.88 Å². The molecule has 0 aliphatic carbocycles. The molecule has 41 heavy (non-hydrogen) atoms. The number of hydrogen-bond donors (Lipinski definition) is 2. The van der Waals surface area contributed by atoms with Crippen LogP contribution in [0.4, 0.5) is 15.3 Å². The minimum atomic E-state index is -0.863. The molecule has 10 heteroatoms. The number of aromatic nitrogens is 1. The first kappa shape index (κ1) is 29.4. The van der Waals surface area contributed by atoms with E-state index in [4.69, 9.17) is 9.47 Å². The summed E-state index contributed by atoms with van der Waals surface area (Å²) < 4.78 is 10.7. The highest BCUT2D eigenvalue weighted by molar-refractivity contribution is 5.92. The van der Waals surface area contributed by atoms with E-state index >= 15 is 0 Å². The van der Waals surface area contributed by atoms with E-state index in [0.29, 0.717) is 45.0 Å². The van der Waals surface area contributed by atoms with Gasteiger partial charge in [-0.2, -0.15) is 0 Å². The zero-order valence-electron chi connectivity index (χ0n) is 22.4. The largest absolute Gasteiger partial charge is 0.473 e. The van der Waals surface area contributed by atoms with Crippen molar-refractivity contribution < 1.29 is 23.9 Å². The van der Waals surface area contributed by atoms with Gasteiger partial charge in [-0.25, -0.2) is 19.4 Å². The summed E-state index contributed by atoms with van der Waals surface area (Å²) in [5.41, 5.74) is 3.72. The molecule has 5 rings (SSSR count). The summed E-state index contributed by atoms with van der Waals surface area (Å²) in [7, 11) is 1.30. The number of piperidine rings is 1. The third kappa shape index (κ3) is 7.33. The quantitative estimate of drug-likeness (QED) is 0.390. The minimum Gasteiger partial charge on any atom is -0.473 e. The van der Waals surface area contributed by atoms with Crippen LogP contribution in [0.3, 0.4) is 0 Å². The second kappa shape index (κ2) is 13.6. The van der Waals surface area contributed by atoms with Crippen molar-refractivity contribution in [3.05, 3.63) is 89.6 Å². The molecule has 2 aliphatic heterocycles. The van der Waals surface area contributed by atoms with Crippen molar-refractivity contribution in [2.45, 2.75) is 51.9 Å². The zero-order valence-corrected chi connectivity index (χ0v) is 22.4. The summed E-state index contributed by atoms with van der Waals surface area (Å²) in [6, 6.07) is 19.9. The molecular weight excluding hydrogens is 522 g/mol. The molecule has 1 fully saturated rings. The van der Waals surface area contributed by atoms with Crippen LogP contribution >= 0.6 is 0 Å². The van der Waals surface area contributed by atoms with Crippen molar-refractivity contribution in [1.29, 1.82) is 0 Å². The summed E-state index contributed by atoms with van der Waals surface area (Å²) in [5.74, 6) is -0.0590. The van der Waals surface area contributed by atoms with Crippen LogP contribution in [0.1, 0.15) is 37.0 Å². The van der Waals surface area contributed by atoms with E-state index in [1.165, 1.54) is 7.11 Å². The van der Waals surface area contributed by atoms with Gasteiger partial charge in [-0.1, -0.05) is 62.0 Å². The summed E-state index contributed by atoms with van der Waals surface area (Å²) in [5, 5.41) is 5.78. The molecule has 0 spiro atoms. The summed E-state index contributed by atoms with van der Waals surface area (Å²) >= 11 is 0. The standard InChI is InChI=1S/C30H33N5O5.CH4/c1-39-28(36)26(17-22-11-12-27(31-18-22)40-20-21-7-3-2-4-8-21)33-29(37)34-15-13-24(14-16-34)35-19-23-9-5-6-10-25(23)32-30(35)38;/h2-12,18,24,26H,13-17,19-20H2,1H3,(H,32,38)(H,33,37);1H4. The van der Waals surface area contributed by atoms with Gasteiger partial charge in [-0.05, 0) is 35.6 Å². The topological polar surface area (TPSA) is 113 Å². The van der Waals surface area contributed by atoms with Crippen molar-refractivity contribution in [2.24, 2.45) is 0 Å². The van der Waals surface area contributed by atoms with Gasteiger partial charge in [0.15, 0.2) is 0 Å². The van der Waals surface area contributed by atoms with Gasteiger partial charge in [0.1, 0.15) is 12.6 Å². The number of urea groups is 2. The number of carbonyl (C=O) groups is 3. The normalized spacial score (nSPS) is 15.6. The van der Waals surface area contributed by atoms with E-state index in [0.717, 1.165) is 22.4 Å². The molecule has 2 aromatic carbocycles. The Labute approximate surface area is 240 Å². The molecule has 0 saturated carbocycles. The SMILES string of the molecule is C.COC(=O)C(Cc1ccc(OCc2ccccc2)nc1)NC(=O)N1CCC(N2Cc3ccccc3NC2=O)CC1. The molecule has 1 aromatic heterocycles.